The van der Waals surface area contributed by atoms with Crippen LogP contribution < -0.4 is 24.6 Å². The van der Waals surface area contributed by atoms with Crippen LogP contribution in [-0.2, 0) is 19.5 Å². The number of piperazine rings is 1. The van der Waals surface area contributed by atoms with Gasteiger partial charge in [0, 0.05) is 94.4 Å². The Morgan fingerprint density at radius 1 is 0.942 bits per heavy atom. The van der Waals surface area contributed by atoms with E-state index in [-0.39, 0.29) is 28.2 Å². The number of carbonyl (C=O) groups excluding carboxylic acids is 1. The number of ether oxygens (including phenoxy) is 3. The SMILES string of the molecule is C[C@@H]1CN(c2cc(N3CCN(CC4=C(C56CC(N7CCOCC7)(C5)C6)CC(C)(C)CC4)CC3)ccc2C(=O)NS(=O)(=O)c2ccc(NCC3CCOCC3)c([N+](=O)[O-])c2)c2cc3cc[nH]c3nc2O1. The van der Waals surface area contributed by atoms with Crippen LogP contribution in [-0.4, -0.2) is 136 Å². The normalized spacial score (nSPS) is 26.4. The lowest BCUT2D eigenvalue weighted by molar-refractivity contribution is -0.384. The molecular weight excluding hydrogens is 899 g/mol. The molecule has 3 saturated carbocycles. The van der Waals surface area contributed by atoms with Crippen LogP contribution in [0, 0.1) is 26.9 Å². The number of amides is 1. The average molecular weight is 964 g/mol. The van der Waals surface area contributed by atoms with E-state index in [2.05, 4.69) is 43.6 Å². The van der Waals surface area contributed by atoms with E-state index in [1.54, 1.807) is 17.2 Å². The Labute approximate surface area is 404 Å². The first-order chi connectivity index (χ1) is 33.2. The summed E-state index contributed by atoms with van der Waals surface area (Å²) in [5, 5.41) is 16.2. The van der Waals surface area contributed by atoms with Gasteiger partial charge in [0.15, 0.2) is 0 Å². The summed E-state index contributed by atoms with van der Waals surface area (Å²) in [6.45, 7) is 17.1. The zero-order valence-corrected chi connectivity index (χ0v) is 40.9. The van der Waals surface area contributed by atoms with Gasteiger partial charge in [0.25, 0.3) is 21.6 Å². The molecule has 69 heavy (non-hydrogen) atoms. The van der Waals surface area contributed by atoms with Gasteiger partial charge in [-0.1, -0.05) is 25.0 Å². The van der Waals surface area contributed by atoms with Crippen molar-refractivity contribution in [2.45, 2.75) is 88.7 Å². The van der Waals surface area contributed by atoms with Gasteiger partial charge in [-0.15, -0.1) is 0 Å². The molecule has 2 bridgehead atoms. The standard InChI is InChI=1S/C51H65N9O8S/c1-34-29-59(45-24-36-9-13-52-46(36)54-48(45)68-34)43-25-38(4-6-40(43)47(61)55-69(64,65)39-5-7-42(44(26-39)60(62)63)53-28-35-10-20-66-21-11-35)57-16-14-56(15-17-57)30-37-8-12-49(2,3)27-41(37)50-31-51(32-50,33-50)58-18-22-67-23-19-58/h4-7,9,13,24-26,34-35,53H,8,10-12,14-23,27-33H2,1-3H3,(H,52,54)(H,55,61)/t34-,50?,51?/m1/s1. The van der Waals surface area contributed by atoms with Gasteiger partial charge in [0.2, 0.25) is 5.88 Å². The number of benzene rings is 2. The van der Waals surface area contributed by atoms with E-state index in [1.165, 1.54) is 44.2 Å². The van der Waals surface area contributed by atoms with E-state index in [0.717, 1.165) is 95.4 Å². The Balaban J connectivity index is 0.840. The summed E-state index contributed by atoms with van der Waals surface area (Å²) in [6.07, 6.45) is 10.6. The van der Waals surface area contributed by atoms with Gasteiger partial charge >= 0.3 is 0 Å². The molecule has 4 aliphatic heterocycles. The van der Waals surface area contributed by atoms with Crippen molar-refractivity contribution < 1.29 is 32.3 Å². The minimum absolute atomic E-state index is 0.128. The van der Waals surface area contributed by atoms with Gasteiger partial charge in [-0.05, 0) is 118 Å². The van der Waals surface area contributed by atoms with Crippen molar-refractivity contribution in [1.29, 1.82) is 0 Å². The first-order valence-electron chi connectivity index (χ1n) is 24.9. The fourth-order valence-electron chi connectivity index (χ4n) is 12.5. The lowest BCUT2D eigenvalue weighted by Gasteiger charge is -2.76. The molecule has 3 N–H and O–H groups in total. The first kappa shape index (κ1) is 46.1. The number of anilines is 4. The van der Waals surface area contributed by atoms with Crippen LogP contribution in [0.25, 0.3) is 11.0 Å². The summed E-state index contributed by atoms with van der Waals surface area (Å²) in [4.78, 5) is 43.3. The van der Waals surface area contributed by atoms with Crippen molar-refractivity contribution >= 4 is 55.4 Å². The molecule has 6 fully saturated rings. The summed E-state index contributed by atoms with van der Waals surface area (Å²) in [5.74, 6) is -0.185. The topological polar surface area (TPSA) is 188 Å². The number of rotatable bonds is 13. The summed E-state index contributed by atoms with van der Waals surface area (Å²) >= 11 is 0. The van der Waals surface area contributed by atoms with E-state index in [1.807, 2.05) is 42.3 Å². The monoisotopic (exact) mass is 963 g/mol. The van der Waals surface area contributed by atoms with E-state index in [4.69, 9.17) is 19.2 Å². The van der Waals surface area contributed by atoms with E-state index >= 15 is 0 Å². The summed E-state index contributed by atoms with van der Waals surface area (Å²) < 4.78 is 47.6. The maximum absolute atomic E-state index is 14.5. The smallest absolute Gasteiger partial charge is 0.293 e. The molecule has 18 heteroatoms. The minimum atomic E-state index is -4.56. The predicted molar refractivity (Wildman–Crippen MR) is 264 cm³/mol. The molecule has 1 amide bonds. The van der Waals surface area contributed by atoms with Crippen molar-refractivity contribution in [2.75, 3.05) is 100 Å². The second-order valence-corrected chi connectivity index (χ2v) is 23.3. The van der Waals surface area contributed by atoms with Crippen molar-refractivity contribution in [1.82, 2.24) is 24.5 Å². The number of fused-ring (bicyclic) bond motifs is 2. The molecule has 0 unspecified atom stereocenters. The summed E-state index contributed by atoms with van der Waals surface area (Å²) in [6, 6.07) is 13.1. The van der Waals surface area contributed by atoms with Crippen LogP contribution in [0.15, 0.2) is 70.8 Å². The molecule has 17 nitrogen and oxygen atoms in total. The number of aromatic amines is 1. The minimum Gasteiger partial charge on any atom is -0.471 e. The number of pyridine rings is 1. The number of nitro groups is 1. The molecule has 368 valence electrons. The Bertz CT molecular complexity index is 2770. The van der Waals surface area contributed by atoms with Gasteiger partial charge in [-0.25, -0.2) is 13.1 Å². The molecular formula is C51H65N9O8S. The average Bonchev–Trinajstić information content (AvgIpc) is 3.78. The lowest BCUT2D eigenvalue weighted by Crippen LogP contribution is -2.76. The number of carbonyl (C=O) groups is 1. The van der Waals surface area contributed by atoms with Gasteiger partial charge in [-0.3, -0.25) is 24.7 Å². The number of hydrogen-bond donors (Lipinski definition) is 3. The molecule has 0 spiro atoms. The highest BCUT2D eigenvalue weighted by Gasteiger charge is 2.71. The van der Waals surface area contributed by atoms with E-state index in [9.17, 15) is 23.3 Å². The van der Waals surface area contributed by atoms with Gasteiger partial charge in [-0.2, -0.15) is 4.98 Å². The molecule has 12 rings (SSSR count). The van der Waals surface area contributed by atoms with Gasteiger partial charge in [0.1, 0.15) is 23.1 Å². The van der Waals surface area contributed by atoms with Crippen LogP contribution in [0.4, 0.5) is 28.4 Å². The molecule has 1 atom stereocenters. The Kier molecular flexibility index (Phi) is 11.9. The lowest BCUT2D eigenvalue weighted by atomic mass is 9.35. The zero-order chi connectivity index (χ0) is 47.7. The number of nitro benzene ring substituents is 1. The largest absolute Gasteiger partial charge is 0.471 e. The third-order valence-corrected chi connectivity index (χ3v) is 17.7. The van der Waals surface area contributed by atoms with Crippen molar-refractivity contribution in [3.05, 3.63) is 81.6 Å². The second kappa shape index (κ2) is 17.8. The molecule has 2 aromatic carbocycles. The molecule has 6 heterocycles. The van der Waals surface area contributed by atoms with E-state index in [0.29, 0.717) is 65.6 Å². The number of aromatic nitrogens is 2. The number of nitrogens with zero attached hydrogens (tertiary/aromatic N) is 6. The fraction of sp³-hybridized carbons (Fsp3) is 0.569. The highest BCUT2D eigenvalue weighted by atomic mass is 32.2. The van der Waals surface area contributed by atoms with Crippen molar-refractivity contribution in [3.63, 3.8) is 0 Å². The highest BCUT2D eigenvalue weighted by Crippen LogP contribution is 2.75. The van der Waals surface area contributed by atoms with Gasteiger partial charge < -0.3 is 34.3 Å². The quantitative estimate of drug-likeness (QED) is 0.0692. The molecule has 0 radical (unpaired) electrons. The molecule has 2 aromatic heterocycles. The van der Waals surface area contributed by atoms with Crippen LogP contribution in [0.1, 0.15) is 82.5 Å². The molecule has 3 saturated heterocycles. The number of sulfonamides is 1. The number of H-pyrrole nitrogens is 1. The third-order valence-electron chi connectivity index (χ3n) is 16.3. The number of nitrogens with one attached hydrogen (secondary N) is 3. The predicted octanol–water partition coefficient (Wildman–Crippen LogP) is 7.23. The molecule has 4 aromatic rings. The van der Waals surface area contributed by atoms with Crippen LogP contribution in [0.5, 0.6) is 5.88 Å². The molecule has 4 aliphatic carbocycles. The Hall–Kier alpha value is -5.27. The number of hydrogen-bond acceptors (Lipinski definition) is 14. The second-order valence-electron chi connectivity index (χ2n) is 21.6. The third kappa shape index (κ3) is 8.85. The Morgan fingerprint density at radius 3 is 2.45 bits per heavy atom. The van der Waals surface area contributed by atoms with E-state index < -0.39 is 26.5 Å². The summed E-state index contributed by atoms with van der Waals surface area (Å²) in [5.41, 5.74) is 7.20. The van der Waals surface area contributed by atoms with Crippen molar-refractivity contribution in [3.8, 4) is 5.88 Å². The van der Waals surface area contributed by atoms with Crippen LogP contribution in [0.3, 0.4) is 0 Å². The number of allylic oxidation sites excluding steroid dienone is 1. The first-order valence-corrected chi connectivity index (χ1v) is 26.4. The van der Waals surface area contributed by atoms with Crippen LogP contribution >= 0.6 is 0 Å². The molecule has 8 aliphatic rings. The summed E-state index contributed by atoms with van der Waals surface area (Å²) in [7, 11) is -4.56. The maximum atomic E-state index is 14.5. The maximum Gasteiger partial charge on any atom is 0.293 e. The fourth-order valence-corrected chi connectivity index (χ4v) is 13.5. The zero-order valence-electron chi connectivity index (χ0n) is 40.1. The Morgan fingerprint density at radius 2 is 1.70 bits per heavy atom. The highest BCUT2D eigenvalue weighted by molar-refractivity contribution is 7.90. The number of morpholine rings is 1. The van der Waals surface area contributed by atoms with Crippen molar-refractivity contribution in [2.24, 2.45) is 16.7 Å². The van der Waals surface area contributed by atoms with Crippen LogP contribution in [0.2, 0.25) is 0 Å². The van der Waals surface area contributed by atoms with Gasteiger partial charge in [0.05, 0.1) is 40.8 Å².